The summed E-state index contributed by atoms with van der Waals surface area (Å²) in [6.07, 6.45) is -8.08. The lowest BCUT2D eigenvalue weighted by atomic mass is 9.66. The van der Waals surface area contributed by atoms with Gasteiger partial charge >= 0.3 is 5.97 Å². The first-order valence-corrected chi connectivity index (χ1v) is 15.5. The molecule has 244 valence electrons. The van der Waals surface area contributed by atoms with Crippen LogP contribution >= 0.6 is 11.3 Å². The van der Waals surface area contributed by atoms with Crippen LogP contribution in [0, 0.1) is 11.8 Å². The molecule has 0 bridgehead atoms. The highest BCUT2D eigenvalue weighted by molar-refractivity contribution is 7.10. The molecule has 5 heterocycles. The van der Waals surface area contributed by atoms with Crippen molar-refractivity contribution in [3.8, 4) is 28.7 Å². The van der Waals surface area contributed by atoms with Gasteiger partial charge in [0.05, 0.1) is 44.3 Å². The van der Waals surface area contributed by atoms with Crippen molar-refractivity contribution in [2.45, 2.75) is 49.0 Å². The molecule has 0 spiro atoms. The first kappa shape index (κ1) is 26.4. The number of phenolic OH excluding ortho intramolecular Hbond substituents is 1. The number of benzene rings is 2. The van der Waals surface area contributed by atoms with Crippen molar-refractivity contribution < 1.29 is 66.9 Å². The average molecular weight is 660 g/mol. The van der Waals surface area contributed by atoms with Crippen molar-refractivity contribution >= 4 is 17.3 Å². The van der Waals surface area contributed by atoms with Crippen LogP contribution in [-0.2, 0) is 28.5 Å². The molecule has 0 unspecified atom stereocenters. The Balaban J connectivity index is 1.20. The lowest BCUT2D eigenvalue weighted by Gasteiger charge is -2.48. The number of carbonyl (C=O) groups is 1. The van der Waals surface area contributed by atoms with E-state index in [2.05, 4.69) is 0 Å². The zero-order valence-corrected chi connectivity index (χ0v) is 25.3. The molecule has 0 amide bonds. The van der Waals surface area contributed by atoms with Gasteiger partial charge in [-0.1, -0.05) is 6.07 Å². The minimum Gasteiger partial charge on any atom is -0.502 e. The van der Waals surface area contributed by atoms with E-state index in [0.29, 0.717) is 5.56 Å². The zero-order chi connectivity index (χ0) is 34.4. The molecule has 5 aliphatic rings. The van der Waals surface area contributed by atoms with Crippen molar-refractivity contribution in [2.24, 2.45) is 11.8 Å². The Morgan fingerprint density at radius 3 is 2.41 bits per heavy atom. The van der Waals surface area contributed by atoms with Crippen molar-refractivity contribution in [2.75, 3.05) is 34.2 Å². The number of aliphatic hydroxyl groups is 2. The van der Waals surface area contributed by atoms with Crippen LogP contribution in [-0.4, -0.2) is 86.2 Å². The third kappa shape index (κ3) is 4.70. The number of rotatable bonds is 6. The first-order valence-electron chi connectivity index (χ1n) is 16.1. The first-order chi connectivity index (χ1) is 23.4. The Bertz CT molecular complexity index is 1750. The van der Waals surface area contributed by atoms with Crippen LogP contribution in [0.3, 0.4) is 0 Å². The molecular formula is C32H32O13S. The van der Waals surface area contributed by atoms with E-state index < -0.39 is 73.5 Å². The van der Waals surface area contributed by atoms with Gasteiger partial charge in [-0.2, -0.15) is 0 Å². The number of fused-ring (bicyclic) bond motifs is 4. The van der Waals surface area contributed by atoms with Gasteiger partial charge in [-0.25, -0.2) is 0 Å². The van der Waals surface area contributed by atoms with Crippen LogP contribution < -0.4 is 18.9 Å². The number of ether oxygens (including phenoxy) is 9. The Kier molecular flexibility index (Phi) is 6.64. The Morgan fingerprint density at radius 2 is 1.72 bits per heavy atom. The molecule has 3 saturated heterocycles. The number of phenols is 1. The standard InChI is InChI=1S/C32H32O13S/c1-37-19-6-13(7-20(38-2)25(19)33)23-14-8-17-18(42-12-41-17)9-15(14)28(16-10-39-30(36)24(16)23)44-32-27(35)26(34)29-21(43-32)11-40-31(45-29)22-4-3-5-46-22/h3-9,16,21,23-24,26-29,31-35H,10-12H2,1-2H3/t16-,21+,23+,24-,26+,27+,28+,29+,31+,32-/m0/s1/i12D2,23D. The maximum absolute atomic E-state index is 13.6. The average Bonchev–Trinajstić information content (AvgIpc) is 3.83. The molecule has 0 saturated carbocycles. The molecule has 10 atom stereocenters. The summed E-state index contributed by atoms with van der Waals surface area (Å²) in [6.45, 7) is -2.67. The second-order valence-corrected chi connectivity index (χ2v) is 12.4. The van der Waals surface area contributed by atoms with Crippen LogP contribution in [0.1, 0.15) is 44.0 Å². The predicted octanol–water partition coefficient (Wildman–Crippen LogP) is 2.75. The largest absolute Gasteiger partial charge is 0.502 e. The van der Waals surface area contributed by atoms with Crippen LogP contribution in [0.5, 0.6) is 28.7 Å². The molecule has 46 heavy (non-hydrogen) atoms. The number of cyclic esters (lactones) is 1. The maximum atomic E-state index is 13.6. The summed E-state index contributed by atoms with van der Waals surface area (Å²) in [5, 5.41) is 35.1. The molecule has 3 aromatic rings. The summed E-state index contributed by atoms with van der Waals surface area (Å²) < 4.78 is 77.7. The number of aromatic hydroxyl groups is 1. The van der Waals surface area contributed by atoms with Gasteiger partial charge in [-0.15, -0.1) is 11.3 Å². The Hall–Kier alpha value is -3.63. The molecule has 14 heteroatoms. The highest BCUT2D eigenvalue weighted by Gasteiger charge is 2.56. The summed E-state index contributed by atoms with van der Waals surface area (Å²) in [7, 11) is 2.67. The minimum absolute atomic E-state index is 0.0126. The predicted molar refractivity (Wildman–Crippen MR) is 156 cm³/mol. The molecule has 4 aliphatic heterocycles. The molecule has 2 aromatic carbocycles. The summed E-state index contributed by atoms with van der Waals surface area (Å²) in [5.41, 5.74) is 0.652. The quantitative estimate of drug-likeness (QED) is 0.332. The van der Waals surface area contributed by atoms with Crippen molar-refractivity contribution in [1.82, 2.24) is 0 Å². The van der Waals surface area contributed by atoms with Gasteiger partial charge in [0.25, 0.3) is 0 Å². The summed E-state index contributed by atoms with van der Waals surface area (Å²) in [4.78, 5) is 14.4. The second-order valence-electron chi connectivity index (χ2n) is 11.5. The van der Waals surface area contributed by atoms with E-state index in [1.54, 1.807) is 0 Å². The van der Waals surface area contributed by atoms with E-state index in [9.17, 15) is 21.5 Å². The third-order valence-electron chi connectivity index (χ3n) is 9.00. The monoisotopic (exact) mass is 659 g/mol. The van der Waals surface area contributed by atoms with Gasteiger partial charge in [-0.05, 0) is 52.4 Å². The van der Waals surface area contributed by atoms with Crippen LogP contribution in [0.25, 0.3) is 0 Å². The normalized spacial score (nSPS) is 38.0. The molecular weight excluding hydrogens is 624 g/mol. The van der Waals surface area contributed by atoms with Gasteiger partial charge in [0.15, 0.2) is 35.6 Å². The Morgan fingerprint density at radius 1 is 0.978 bits per heavy atom. The fourth-order valence-corrected chi connectivity index (χ4v) is 7.51. The van der Waals surface area contributed by atoms with Crippen LogP contribution in [0.2, 0.25) is 0 Å². The van der Waals surface area contributed by atoms with E-state index in [1.165, 1.54) is 49.8 Å². The van der Waals surface area contributed by atoms with Gasteiger partial charge in [0.2, 0.25) is 12.5 Å². The summed E-state index contributed by atoms with van der Waals surface area (Å²) in [6, 6.07) is 9.38. The second kappa shape index (κ2) is 11.6. The minimum atomic E-state index is -2.52. The Labute approximate surface area is 271 Å². The van der Waals surface area contributed by atoms with E-state index in [0.717, 1.165) is 4.88 Å². The van der Waals surface area contributed by atoms with Gasteiger partial charge in [0, 0.05) is 13.2 Å². The number of esters is 1. The number of hydrogen-bond donors (Lipinski definition) is 3. The van der Waals surface area contributed by atoms with E-state index >= 15 is 0 Å². The van der Waals surface area contributed by atoms with Crippen molar-refractivity contribution in [1.29, 1.82) is 0 Å². The molecule has 3 N–H and O–H groups in total. The van der Waals surface area contributed by atoms with Gasteiger partial charge in [0.1, 0.15) is 27.2 Å². The number of aliphatic hydroxyl groups excluding tert-OH is 2. The van der Waals surface area contributed by atoms with Gasteiger partial charge < -0.3 is 58.0 Å². The third-order valence-corrected chi connectivity index (χ3v) is 9.89. The lowest BCUT2D eigenvalue weighted by molar-refractivity contribution is -0.368. The number of carbonyl (C=O) groups excluding carboxylic acids is 1. The highest BCUT2D eigenvalue weighted by atomic mass is 32.1. The molecule has 3 fully saturated rings. The highest BCUT2D eigenvalue weighted by Crippen LogP contribution is 2.57. The SMILES string of the molecule is [2H]C1([2H])Oc2cc3c(cc2O1)[C@@]([2H])(c1cc(OC)c(O)c(OC)c1)[C@H]1C(=O)OC[C@@H]1[C@@H]3O[C@@H]1O[C@@H]2CO[C@@H](c3cccs3)O[C@H]2[C@H](O)[C@H]1O. The summed E-state index contributed by atoms with van der Waals surface area (Å²) in [5.74, 6) is -5.08. The van der Waals surface area contributed by atoms with Crippen molar-refractivity contribution in [3.63, 3.8) is 0 Å². The summed E-state index contributed by atoms with van der Waals surface area (Å²) >= 11 is 1.42. The smallest absolute Gasteiger partial charge is 0.310 e. The fraction of sp³-hybridized carbons (Fsp3) is 0.469. The number of hydrogen-bond acceptors (Lipinski definition) is 14. The van der Waals surface area contributed by atoms with Crippen molar-refractivity contribution in [3.05, 3.63) is 63.3 Å². The van der Waals surface area contributed by atoms with Gasteiger partial charge in [-0.3, -0.25) is 4.79 Å². The van der Waals surface area contributed by atoms with E-state index in [4.69, 9.17) is 45.4 Å². The molecule has 0 radical (unpaired) electrons. The van der Waals surface area contributed by atoms with Crippen LogP contribution in [0.4, 0.5) is 0 Å². The lowest BCUT2D eigenvalue weighted by Crippen LogP contribution is -2.62. The molecule has 1 aromatic heterocycles. The molecule has 8 rings (SSSR count). The van der Waals surface area contributed by atoms with E-state index in [1.807, 2.05) is 17.5 Å². The maximum Gasteiger partial charge on any atom is 0.310 e. The number of methoxy groups -OCH3 is 2. The number of thiophene rings is 1. The van der Waals surface area contributed by atoms with Crippen LogP contribution in [0.15, 0.2) is 41.8 Å². The fourth-order valence-electron chi connectivity index (χ4n) is 6.81. The zero-order valence-electron chi connectivity index (χ0n) is 27.5. The topological polar surface area (TPSA) is 161 Å². The molecule has 13 nitrogen and oxygen atoms in total. The van der Waals surface area contributed by atoms with E-state index in [-0.39, 0.29) is 53.1 Å². The molecule has 1 aliphatic carbocycles.